The van der Waals surface area contributed by atoms with Gasteiger partial charge in [-0.15, -0.1) is 0 Å². The predicted octanol–water partition coefficient (Wildman–Crippen LogP) is 3.84. The van der Waals surface area contributed by atoms with E-state index in [4.69, 9.17) is 11.6 Å². The number of carbonyl (C=O) groups excluding carboxylic acids is 1. The van der Waals surface area contributed by atoms with Crippen molar-refractivity contribution < 1.29 is 13.2 Å². The predicted molar refractivity (Wildman–Crippen MR) is 125 cm³/mol. The summed E-state index contributed by atoms with van der Waals surface area (Å²) < 4.78 is 27.8. The van der Waals surface area contributed by atoms with E-state index in [0.29, 0.717) is 17.3 Å². The van der Waals surface area contributed by atoms with Gasteiger partial charge in [0.2, 0.25) is 5.91 Å². The van der Waals surface area contributed by atoms with Crippen molar-refractivity contribution in [3.05, 3.63) is 59.1 Å². The topological polar surface area (TPSA) is 69.7 Å². The summed E-state index contributed by atoms with van der Waals surface area (Å²) in [7, 11) is -3.92. The van der Waals surface area contributed by atoms with E-state index in [1.807, 2.05) is 13.0 Å². The quantitative estimate of drug-likeness (QED) is 0.573. The number of aryl methyl sites for hydroxylation is 1. The van der Waals surface area contributed by atoms with Crippen LogP contribution in [0.1, 0.15) is 31.2 Å². The zero-order valence-corrected chi connectivity index (χ0v) is 19.5. The third kappa shape index (κ3) is 6.69. The first-order chi connectivity index (χ1) is 14.9. The van der Waals surface area contributed by atoms with Gasteiger partial charge in [-0.1, -0.05) is 30.2 Å². The maximum absolute atomic E-state index is 13.3. The lowest BCUT2D eigenvalue weighted by molar-refractivity contribution is -0.119. The lowest BCUT2D eigenvalue weighted by Gasteiger charge is -2.26. The second-order valence-electron chi connectivity index (χ2n) is 7.91. The van der Waals surface area contributed by atoms with Gasteiger partial charge in [-0.3, -0.25) is 9.10 Å². The van der Waals surface area contributed by atoms with Crippen molar-refractivity contribution in [2.75, 3.05) is 37.0 Å². The molecule has 31 heavy (non-hydrogen) atoms. The van der Waals surface area contributed by atoms with Crippen LogP contribution >= 0.6 is 11.6 Å². The molecule has 0 radical (unpaired) electrons. The van der Waals surface area contributed by atoms with E-state index < -0.39 is 10.0 Å². The first-order valence-electron chi connectivity index (χ1n) is 10.7. The molecule has 168 valence electrons. The number of rotatable bonds is 9. The van der Waals surface area contributed by atoms with Crippen molar-refractivity contribution in [1.29, 1.82) is 0 Å². The van der Waals surface area contributed by atoms with E-state index in [-0.39, 0.29) is 17.3 Å². The maximum Gasteiger partial charge on any atom is 0.264 e. The van der Waals surface area contributed by atoms with Crippen molar-refractivity contribution in [1.82, 2.24) is 10.2 Å². The molecule has 1 N–H and O–H groups in total. The highest BCUT2D eigenvalue weighted by Gasteiger charge is 2.27. The van der Waals surface area contributed by atoms with Crippen molar-refractivity contribution in [2.45, 2.75) is 37.5 Å². The standard InChI is InChI=1S/C23H30ClN3O3S/c1-19-7-5-8-21(17-19)27(31(29,30)22-11-9-20(24)10-12-22)18-23(28)25-13-6-16-26-14-3-2-4-15-26/h5,7-12,17H,2-4,6,13-16,18H2,1H3,(H,25,28). The normalized spacial score (nSPS) is 14.9. The summed E-state index contributed by atoms with van der Waals surface area (Å²) in [5.74, 6) is -0.322. The minimum absolute atomic E-state index is 0.0938. The molecular formula is C23H30ClN3O3S. The van der Waals surface area contributed by atoms with Crippen molar-refractivity contribution in [3.63, 3.8) is 0 Å². The summed E-state index contributed by atoms with van der Waals surface area (Å²) in [6.45, 7) is 5.32. The van der Waals surface area contributed by atoms with Crippen LogP contribution in [-0.2, 0) is 14.8 Å². The van der Waals surface area contributed by atoms with Crippen molar-refractivity contribution in [2.24, 2.45) is 0 Å². The molecule has 0 saturated carbocycles. The van der Waals surface area contributed by atoms with Crippen LogP contribution < -0.4 is 9.62 Å². The largest absolute Gasteiger partial charge is 0.354 e. The zero-order chi connectivity index (χ0) is 22.3. The fourth-order valence-corrected chi connectivity index (χ4v) is 5.27. The van der Waals surface area contributed by atoms with Gasteiger partial charge in [0.05, 0.1) is 10.6 Å². The number of carbonyl (C=O) groups is 1. The summed E-state index contributed by atoms with van der Waals surface area (Å²) in [5, 5.41) is 3.33. The van der Waals surface area contributed by atoms with Crippen LogP contribution in [0, 0.1) is 6.92 Å². The number of amides is 1. The lowest BCUT2D eigenvalue weighted by atomic mass is 10.1. The van der Waals surface area contributed by atoms with Crippen molar-refractivity contribution >= 4 is 33.2 Å². The molecule has 1 aliphatic heterocycles. The van der Waals surface area contributed by atoms with Crippen LogP contribution in [0.3, 0.4) is 0 Å². The molecule has 1 heterocycles. The smallest absolute Gasteiger partial charge is 0.264 e. The van der Waals surface area contributed by atoms with E-state index in [9.17, 15) is 13.2 Å². The molecule has 2 aromatic rings. The summed E-state index contributed by atoms with van der Waals surface area (Å²) in [4.78, 5) is 15.2. The molecule has 2 aromatic carbocycles. The average Bonchev–Trinajstić information content (AvgIpc) is 2.76. The maximum atomic E-state index is 13.3. The summed E-state index contributed by atoms with van der Waals surface area (Å²) in [5.41, 5.74) is 1.37. The van der Waals surface area contributed by atoms with E-state index in [0.717, 1.165) is 35.9 Å². The molecular weight excluding hydrogens is 434 g/mol. The lowest BCUT2D eigenvalue weighted by Crippen LogP contribution is -2.41. The molecule has 0 aliphatic carbocycles. The number of sulfonamides is 1. The Kier molecular flexibility index (Phi) is 8.35. The average molecular weight is 464 g/mol. The highest BCUT2D eigenvalue weighted by Crippen LogP contribution is 2.25. The van der Waals surface area contributed by atoms with Crippen molar-refractivity contribution in [3.8, 4) is 0 Å². The molecule has 0 aromatic heterocycles. The van der Waals surface area contributed by atoms with Gasteiger partial charge in [0.25, 0.3) is 10.0 Å². The van der Waals surface area contributed by atoms with Gasteiger partial charge in [0, 0.05) is 11.6 Å². The number of piperidine rings is 1. The Bertz CT molecular complexity index is 974. The minimum atomic E-state index is -3.92. The Hall–Kier alpha value is -2.09. The number of hydrogen-bond acceptors (Lipinski definition) is 4. The molecule has 3 rings (SSSR count). The van der Waals surface area contributed by atoms with Crippen LogP contribution in [-0.4, -0.2) is 51.9 Å². The summed E-state index contributed by atoms with van der Waals surface area (Å²) >= 11 is 5.91. The van der Waals surface area contributed by atoms with E-state index >= 15 is 0 Å². The monoisotopic (exact) mass is 463 g/mol. The van der Waals surface area contributed by atoms with Crippen LogP contribution in [0.2, 0.25) is 5.02 Å². The first-order valence-corrected chi connectivity index (χ1v) is 12.5. The van der Waals surface area contributed by atoms with Gasteiger partial charge in [0.1, 0.15) is 6.54 Å². The third-order valence-electron chi connectivity index (χ3n) is 5.40. The van der Waals surface area contributed by atoms with Crippen LogP contribution in [0.4, 0.5) is 5.69 Å². The minimum Gasteiger partial charge on any atom is -0.354 e. The van der Waals surface area contributed by atoms with Crippen LogP contribution in [0.15, 0.2) is 53.4 Å². The van der Waals surface area contributed by atoms with E-state index in [1.165, 1.54) is 43.5 Å². The van der Waals surface area contributed by atoms with E-state index in [2.05, 4.69) is 10.2 Å². The third-order valence-corrected chi connectivity index (χ3v) is 7.44. The zero-order valence-electron chi connectivity index (χ0n) is 17.9. The summed E-state index contributed by atoms with van der Waals surface area (Å²) in [6.07, 6.45) is 4.62. The number of anilines is 1. The molecule has 0 atom stereocenters. The number of nitrogens with one attached hydrogen (secondary N) is 1. The van der Waals surface area contributed by atoms with Crippen LogP contribution in [0.5, 0.6) is 0 Å². The molecule has 0 unspecified atom stereocenters. The van der Waals surface area contributed by atoms with E-state index in [1.54, 1.807) is 18.2 Å². The molecule has 0 spiro atoms. The second kappa shape index (κ2) is 11.0. The van der Waals surface area contributed by atoms with Gasteiger partial charge in [-0.05, 0) is 87.8 Å². The van der Waals surface area contributed by atoms with Gasteiger partial charge in [-0.2, -0.15) is 0 Å². The first kappa shape index (κ1) is 23.6. The Labute approximate surface area is 190 Å². The molecule has 6 nitrogen and oxygen atoms in total. The Morgan fingerprint density at radius 3 is 2.48 bits per heavy atom. The number of halogens is 1. The molecule has 1 amide bonds. The second-order valence-corrected chi connectivity index (χ2v) is 10.2. The molecule has 1 aliphatic rings. The summed E-state index contributed by atoms with van der Waals surface area (Å²) in [6, 6.07) is 13.1. The van der Waals surface area contributed by atoms with Gasteiger partial charge in [-0.25, -0.2) is 8.42 Å². The Morgan fingerprint density at radius 2 is 1.81 bits per heavy atom. The highest BCUT2D eigenvalue weighted by molar-refractivity contribution is 7.92. The molecule has 0 bridgehead atoms. The van der Waals surface area contributed by atoms with Crippen LogP contribution in [0.25, 0.3) is 0 Å². The number of benzene rings is 2. The molecule has 1 fully saturated rings. The molecule has 8 heteroatoms. The Morgan fingerprint density at radius 1 is 1.10 bits per heavy atom. The highest BCUT2D eigenvalue weighted by atomic mass is 35.5. The van der Waals surface area contributed by atoms with Gasteiger partial charge < -0.3 is 10.2 Å². The molecule has 1 saturated heterocycles. The SMILES string of the molecule is Cc1cccc(N(CC(=O)NCCCN2CCCCC2)S(=O)(=O)c2ccc(Cl)cc2)c1. The van der Waals surface area contributed by atoms with Gasteiger partial charge in [0.15, 0.2) is 0 Å². The number of nitrogens with zero attached hydrogens (tertiary/aromatic N) is 2. The Balaban J connectivity index is 1.68. The fourth-order valence-electron chi connectivity index (χ4n) is 3.73. The fraction of sp³-hybridized carbons (Fsp3) is 0.435. The van der Waals surface area contributed by atoms with Gasteiger partial charge >= 0.3 is 0 Å². The number of likely N-dealkylation sites (tertiary alicyclic amines) is 1. The number of hydrogen-bond donors (Lipinski definition) is 1.